The number of fused-ring (bicyclic) bond motifs is 1. The Balaban J connectivity index is 1.43. The van der Waals surface area contributed by atoms with E-state index < -0.39 is 24.5 Å². The number of aromatic nitrogens is 4. The summed E-state index contributed by atoms with van der Waals surface area (Å²) in [7, 11) is 3.19. The lowest BCUT2D eigenvalue weighted by Crippen LogP contribution is -2.35. The number of rotatable bonds is 6. The second-order valence-electron chi connectivity index (χ2n) is 8.81. The molecule has 2 aromatic carbocycles. The summed E-state index contributed by atoms with van der Waals surface area (Å²) >= 11 is 0. The molecular weight excluding hydrogens is 504 g/mol. The van der Waals surface area contributed by atoms with Crippen LogP contribution in [0.25, 0.3) is 5.69 Å². The molecule has 4 aromatic rings. The van der Waals surface area contributed by atoms with Gasteiger partial charge in [-0.05, 0) is 36.2 Å². The molecule has 0 aliphatic carbocycles. The number of halogens is 4. The van der Waals surface area contributed by atoms with Crippen LogP contribution < -0.4 is 19.7 Å². The fourth-order valence-corrected chi connectivity index (χ4v) is 4.38. The zero-order valence-electron chi connectivity index (χ0n) is 20.8. The average Bonchev–Trinajstić information content (AvgIpc) is 3.34. The minimum absolute atomic E-state index is 0.0222. The molecule has 1 unspecified atom stereocenters. The van der Waals surface area contributed by atoms with Crippen LogP contribution in [-0.2, 0) is 12.9 Å². The van der Waals surface area contributed by atoms with Crippen LogP contribution in [0.5, 0.6) is 11.5 Å². The van der Waals surface area contributed by atoms with Gasteiger partial charge in [0.15, 0.2) is 11.6 Å². The quantitative estimate of drug-likeness (QED) is 0.318. The van der Waals surface area contributed by atoms with Crippen LogP contribution in [0, 0.1) is 6.92 Å². The van der Waals surface area contributed by atoms with Crippen molar-refractivity contribution in [1.29, 1.82) is 0 Å². The van der Waals surface area contributed by atoms with E-state index in [1.165, 1.54) is 18.3 Å². The van der Waals surface area contributed by atoms with Crippen molar-refractivity contribution in [2.75, 3.05) is 31.0 Å². The molecule has 0 spiro atoms. The Bertz CT molecular complexity index is 1470. The topological polar surface area (TPSA) is 77.3 Å². The Kier molecular flexibility index (Phi) is 6.55. The third-order valence-corrected chi connectivity index (χ3v) is 6.30. The summed E-state index contributed by atoms with van der Waals surface area (Å²) in [5.41, 5.74) is 1.33. The van der Waals surface area contributed by atoms with Crippen LogP contribution >= 0.6 is 0 Å². The van der Waals surface area contributed by atoms with Gasteiger partial charge < -0.3 is 24.3 Å². The molecule has 0 amide bonds. The molecule has 1 N–H and O–H groups in total. The summed E-state index contributed by atoms with van der Waals surface area (Å²) in [4.78, 5) is 14.6. The fourth-order valence-electron chi connectivity index (χ4n) is 4.38. The summed E-state index contributed by atoms with van der Waals surface area (Å²) in [5.74, 6) is 1.46. The number of hydrogen-bond acceptors (Lipinski definition) is 7. The van der Waals surface area contributed by atoms with Crippen molar-refractivity contribution in [2.45, 2.75) is 25.8 Å². The van der Waals surface area contributed by atoms with Gasteiger partial charge in [-0.3, -0.25) is 0 Å². The van der Waals surface area contributed by atoms with Crippen molar-refractivity contribution >= 4 is 17.5 Å². The highest BCUT2D eigenvalue weighted by molar-refractivity contribution is 5.64. The number of benzene rings is 2. The first-order valence-electron chi connectivity index (χ1n) is 11.6. The second-order valence-corrected chi connectivity index (χ2v) is 8.81. The van der Waals surface area contributed by atoms with Gasteiger partial charge >= 0.3 is 6.18 Å². The van der Waals surface area contributed by atoms with E-state index in [4.69, 9.17) is 9.47 Å². The number of anilines is 3. The highest BCUT2D eigenvalue weighted by atomic mass is 19.4. The molecule has 12 heteroatoms. The second kappa shape index (κ2) is 9.84. The Labute approximate surface area is 215 Å². The fraction of sp³-hybridized carbons (Fsp3) is 0.269. The van der Waals surface area contributed by atoms with E-state index in [-0.39, 0.29) is 23.7 Å². The maximum absolute atomic E-state index is 13.8. The molecule has 2 aromatic heterocycles. The molecular formula is C26H24F4N6O2. The standard InChI is InChI=1S/C26H24F4N6O2/c1-15-12-36(14-32-15)20-7-5-17(9-22(20)37-3)33-25-31-11-23-24(34-25)35(2)21(13-38-23)18-6-4-16(10-27)8-19(18)26(28,29)30/h4-9,11-12,14,21H,10,13H2,1-3H3,(H,31,33,34). The van der Waals surface area contributed by atoms with Crippen molar-refractivity contribution < 1.29 is 27.0 Å². The highest BCUT2D eigenvalue weighted by Crippen LogP contribution is 2.42. The molecule has 198 valence electrons. The van der Waals surface area contributed by atoms with Crippen molar-refractivity contribution in [3.05, 3.63) is 77.5 Å². The highest BCUT2D eigenvalue weighted by Gasteiger charge is 2.38. The summed E-state index contributed by atoms with van der Waals surface area (Å²) < 4.78 is 67.6. The summed E-state index contributed by atoms with van der Waals surface area (Å²) in [6.45, 7) is 0.851. The monoisotopic (exact) mass is 528 g/mol. The smallest absolute Gasteiger partial charge is 0.416 e. The van der Waals surface area contributed by atoms with Gasteiger partial charge in [0.1, 0.15) is 19.0 Å². The number of nitrogens with zero attached hydrogens (tertiary/aromatic N) is 5. The van der Waals surface area contributed by atoms with Crippen LogP contribution in [0.4, 0.5) is 35.0 Å². The van der Waals surface area contributed by atoms with E-state index in [2.05, 4.69) is 20.3 Å². The maximum Gasteiger partial charge on any atom is 0.416 e. The maximum atomic E-state index is 13.8. The average molecular weight is 529 g/mol. The van der Waals surface area contributed by atoms with Gasteiger partial charge in [-0.2, -0.15) is 18.2 Å². The van der Waals surface area contributed by atoms with E-state index in [0.29, 0.717) is 23.0 Å². The van der Waals surface area contributed by atoms with Gasteiger partial charge in [0, 0.05) is 25.0 Å². The summed E-state index contributed by atoms with van der Waals surface area (Å²) in [6, 6.07) is 8.14. The van der Waals surface area contributed by atoms with Gasteiger partial charge in [0.2, 0.25) is 5.95 Å². The molecule has 1 aliphatic rings. The lowest BCUT2D eigenvalue weighted by Gasteiger charge is -2.36. The number of alkyl halides is 4. The van der Waals surface area contributed by atoms with E-state index in [1.54, 1.807) is 31.5 Å². The van der Waals surface area contributed by atoms with E-state index in [0.717, 1.165) is 17.4 Å². The molecule has 0 bridgehead atoms. The predicted molar refractivity (Wildman–Crippen MR) is 133 cm³/mol. The molecule has 0 saturated carbocycles. The van der Waals surface area contributed by atoms with Gasteiger partial charge in [-0.25, -0.2) is 14.4 Å². The van der Waals surface area contributed by atoms with Crippen LogP contribution in [0.3, 0.4) is 0 Å². The zero-order chi connectivity index (χ0) is 27.0. The van der Waals surface area contributed by atoms with E-state index in [1.807, 2.05) is 29.8 Å². The van der Waals surface area contributed by atoms with Gasteiger partial charge in [-0.15, -0.1) is 0 Å². The number of imidazole rings is 1. The number of nitrogens with one attached hydrogen (secondary N) is 1. The molecule has 0 radical (unpaired) electrons. The molecule has 8 nitrogen and oxygen atoms in total. The van der Waals surface area contributed by atoms with Gasteiger partial charge in [0.25, 0.3) is 0 Å². The summed E-state index contributed by atoms with van der Waals surface area (Å²) in [6.07, 6.45) is 0.377. The Morgan fingerprint density at radius 1 is 1.16 bits per heavy atom. The van der Waals surface area contributed by atoms with Crippen LogP contribution in [0.15, 0.2) is 55.1 Å². The molecule has 0 saturated heterocycles. The zero-order valence-corrected chi connectivity index (χ0v) is 20.8. The largest absolute Gasteiger partial charge is 0.494 e. The SMILES string of the molecule is COc1cc(Nc2ncc3c(n2)N(C)C(c2ccc(CF)cc2C(F)(F)F)CO3)ccc1-n1cnc(C)c1. The number of methoxy groups -OCH3 is 1. The number of aryl methyl sites for hydroxylation is 1. The van der Waals surface area contributed by atoms with Crippen LogP contribution in [0.2, 0.25) is 0 Å². The lowest BCUT2D eigenvalue weighted by atomic mass is 9.96. The van der Waals surface area contributed by atoms with Crippen LogP contribution in [0.1, 0.15) is 28.4 Å². The molecule has 0 fully saturated rings. The third-order valence-electron chi connectivity index (χ3n) is 6.30. The van der Waals surface area contributed by atoms with Crippen LogP contribution in [-0.4, -0.2) is 40.3 Å². The lowest BCUT2D eigenvalue weighted by molar-refractivity contribution is -0.138. The minimum atomic E-state index is -4.65. The number of ether oxygens (including phenoxy) is 2. The van der Waals surface area contributed by atoms with Gasteiger partial charge in [0.05, 0.1) is 42.6 Å². The van der Waals surface area contributed by atoms with Crippen molar-refractivity contribution in [1.82, 2.24) is 19.5 Å². The van der Waals surface area contributed by atoms with Crippen molar-refractivity contribution in [2.24, 2.45) is 0 Å². The first-order chi connectivity index (χ1) is 18.2. The predicted octanol–water partition coefficient (Wildman–Crippen LogP) is 5.78. The molecule has 3 heterocycles. The Morgan fingerprint density at radius 3 is 2.66 bits per heavy atom. The molecule has 1 atom stereocenters. The molecule has 38 heavy (non-hydrogen) atoms. The van der Waals surface area contributed by atoms with E-state index >= 15 is 0 Å². The normalized spacial score (nSPS) is 15.1. The number of likely N-dealkylation sites (N-methyl/N-ethyl adjacent to an activating group) is 1. The van der Waals surface area contributed by atoms with Crippen molar-refractivity contribution in [3.63, 3.8) is 0 Å². The third kappa shape index (κ3) is 4.81. The minimum Gasteiger partial charge on any atom is -0.494 e. The van der Waals surface area contributed by atoms with Crippen molar-refractivity contribution in [3.8, 4) is 17.2 Å². The summed E-state index contributed by atoms with van der Waals surface area (Å²) in [5, 5.41) is 3.11. The Hall–Kier alpha value is -4.35. The molecule has 1 aliphatic heterocycles. The Morgan fingerprint density at radius 2 is 1.97 bits per heavy atom. The first kappa shape index (κ1) is 25.3. The number of hydrogen-bond donors (Lipinski definition) is 1. The molecule has 5 rings (SSSR count). The van der Waals surface area contributed by atoms with Gasteiger partial charge in [-0.1, -0.05) is 12.1 Å². The first-order valence-corrected chi connectivity index (χ1v) is 11.6. The van der Waals surface area contributed by atoms with E-state index in [9.17, 15) is 17.6 Å².